The molecule has 20 heavy (non-hydrogen) atoms. The fraction of sp³-hybridized carbons (Fsp3) is 0.600. The number of carbonyl (C=O) groups excluding carboxylic acids is 1. The Morgan fingerprint density at radius 1 is 1.65 bits per heavy atom. The predicted octanol–water partition coefficient (Wildman–Crippen LogP) is 2.57. The number of nitrogens with zero attached hydrogens (tertiary/aromatic N) is 2. The molecule has 2 rings (SSSR count). The van der Waals surface area contributed by atoms with E-state index >= 15 is 0 Å². The summed E-state index contributed by atoms with van der Waals surface area (Å²) in [4.78, 5) is 18.8. The van der Waals surface area contributed by atoms with E-state index in [-0.39, 0.29) is 18.1 Å². The zero-order chi connectivity index (χ0) is 14.5. The van der Waals surface area contributed by atoms with E-state index in [0.29, 0.717) is 12.0 Å². The number of aromatic nitrogens is 1. The average Bonchev–Trinajstić information content (AvgIpc) is 2.86. The Bertz CT molecular complexity index is 465. The number of rotatable bonds is 5. The fourth-order valence-corrected chi connectivity index (χ4v) is 3.32. The summed E-state index contributed by atoms with van der Waals surface area (Å²) in [6.45, 7) is 4.64. The topological polar surface area (TPSA) is 53.4 Å². The van der Waals surface area contributed by atoms with Gasteiger partial charge in [-0.25, -0.2) is 4.98 Å². The lowest BCUT2D eigenvalue weighted by Crippen LogP contribution is -2.37. The molecular weight excluding hydrogens is 272 g/mol. The lowest BCUT2D eigenvalue weighted by atomic mass is 10.1. The van der Waals surface area contributed by atoms with Crippen molar-refractivity contribution in [3.63, 3.8) is 0 Å². The van der Waals surface area contributed by atoms with Gasteiger partial charge in [0, 0.05) is 24.3 Å². The molecule has 4 nitrogen and oxygen atoms in total. The van der Waals surface area contributed by atoms with Crippen LogP contribution < -0.4 is 0 Å². The second-order valence-corrected chi connectivity index (χ2v) is 6.48. The number of hydrogen-bond acceptors (Lipinski definition) is 4. The second kappa shape index (κ2) is 7.09. The highest BCUT2D eigenvalue weighted by atomic mass is 32.2. The molecule has 2 heterocycles. The van der Waals surface area contributed by atoms with Crippen LogP contribution in [0.4, 0.5) is 0 Å². The minimum absolute atomic E-state index is 0.0634. The molecule has 0 aliphatic carbocycles. The van der Waals surface area contributed by atoms with E-state index < -0.39 is 0 Å². The molecule has 1 aromatic heterocycles. The maximum Gasteiger partial charge on any atom is 0.254 e. The van der Waals surface area contributed by atoms with Crippen molar-refractivity contribution in [2.75, 3.05) is 12.3 Å². The summed E-state index contributed by atoms with van der Waals surface area (Å²) in [6.07, 6.45) is 4.00. The van der Waals surface area contributed by atoms with E-state index in [1.807, 2.05) is 11.0 Å². The summed E-state index contributed by atoms with van der Waals surface area (Å²) in [5.74, 6) is 1.01. The third-order valence-corrected chi connectivity index (χ3v) is 4.33. The van der Waals surface area contributed by atoms with Gasteiger partial charge in [-0.2, -0.15) is 0 Å². The van der Waals surface area contributed by atoms with Crippen molar-refractivity contribution in [3.8, 4) is 0 Å². The standard InChI is InChI=1S/C15H22N2O2S/c1-3-20-14-10-12(6-7-16-14)15(19)17-8-4-5-13(17)9-11(2)18/h6-7,10-11,13,18H,3-5,8-9H2,1-2H3. The zero-order valence-electron chi connectivity index (χ0n) is 12.1. The number of aliphatic hydroxyl groups is 1. The van der Waals surface area contributed by atoms with Crippen LogP contribution in [0.15, 0.2) is 23.4 Å². The van der Waals surface area contributed by atoms with Crippen molar-refractivity contribution >= 4 is 17.7 Å². The largest absolute Gasteiger partial charge is 0.393 e. The van der Waals surface area contributed by atoms with E-state index in [9.17, 15) is 9.90 Å². The molecule has 0 saturated carbocycles. The predicted molar refractivity (Wildman–Crippen MR) is 81.0 cm³/mol. The third-order valence-electron chi connectivity index (χ3n) is 3.53. The first-order valence-corrected chi connectivity index (χ1v) is 8.18. The molecule has 5 heteroatoms. The van der Waals surface area contributed by atoms with Crippen LogP contribution in [0.3, 0.4) is 0 Å². The highest BCUT2D eigenvalue weighted by Gasteiger charge is 2.30. The number of carbonyl (C=O) groups is 1. The summed E-state index contributed by atoms with van der Waals surface area (Å²) in [5, 5.41) is 10.4. The number of likely N-dealkylation sites (tertiary alicyclic amines) is 1. The Morgan fingerprint density at radius 3 is 3.15 bits per heavy atom. The molecule has 0 aromatic carbocycles. The monoisotopic (exact) mass is 294 g/mol. The Balaban J connectivity index is 2.11. The molecular formula is C15H22N2O2S. The van der Waals surface area contributed by atoms with Gasteiger partial charge in [-0.05, 0) is 44.1 Å². The number of amides is 1. The molecule has 1 aromatic rings. The van der Waals surface area contributed by atoms with Gasteiger partial charge in [0.05, 0.1) is 11.1 Å². The van der Waals surface area contributed by atoms with Crippen LogP contribution in [0.5, 0.6) is 0 Å². The van der Waals surface area contributed by atoms with Gasteiger partial charge in [0.15, 0.2) is 0 Å². The summed E-state index contributed by atoms with van der Waals surface area (Å²) in [6, 6.07) is 3.81. The van der Waals surface area contributed by atoms with E-state index in [0.717, 1.165) is 30.2 Å². The highest BCUT2D eigenvalue weighted by Crippen LogP contribution is 2.24. The molecule has 1 aliphatic rings. The van der Waals surface area contributed by atoms with Crippen molar-refractivity contribution in [1.82, 2.24) is 9.88 Å². The van der Waals surface area contributed by atoms with Gasteiger partial charge in [-0.15, -0.1) is 11.8 Å². The van der Waals surface area contributed by atoms with Gasteiger partial charge in [-0.1, -0.05) is 6.92 Å². The van der Waals surface area contributed by atoms with Crippen LogP contribution >= 0.6 is 11.8 Å². The summed E-state index contributed by atoms with van der Waals surface area (Å²) in [7, 11) is 0. The lowest BCUT2D eigenvalue weighted by molar-refractivity contribution is 0.0681. The van der Waals surface area contributed by atoms with Crippen LogP contribution in [-0.2, 0) is 0 Å². The van der Waals surface area contributed by atoms with Crippen LogP contribution in [0.2, 0.25) is 0 Å². The first-order valence-electron chi connectivity index (χ1n) is 7.19. The minimum Gasteiger partial charge on any atom is -0.393 e. The first-order chi connectivity index (χ1) is 9.61. The second-order valence-electron chi connectivity index (χ2n) is 5.20. The third kappa shape index (κ3) is 3.73. The molecule has 1 N–H and O–H groups in total. The normalized spacial score (nSPS) is 20.1. The number of hydrogen-bond donors (Lipinski definition) is 1. The van der Waals surface area contributed by atoms with Crippen LogP contribution in [0.25, 0.3) is 0 Å². The van der Waals surface area contributed by atoms with Crippen molar-refractivity contribution < 1.29 is 9.90 Å². The summed E-state index contributed by atoms with van der Waals surface area (Å²) >= 11 is 1.64. The van der Waals surface area contributed by atoms with Crippen molar-refractivity contribution in [3.05, 3.63) is 23.9 Å². The Morgan fingerprint density at radius 2 is 2.45 bits per heavy atom. The van der Waals surface area contributed by atoms with Crippen molar-refractivity contribution in [2.24, 2.45) is 0 Å². The lowest BCUT2D eigenvalue weighted by Gasteiger charge is -2.25. The Kier molecular flexibility index (Phi) is 5.43. The van der Waals surface area contributed by atoms with Gasteiger partial charge in [0.2, 0.25) is 0 Å². The fourth-order valence-electron chi connectivity index (χ4n) is 2.68. The highest BCUT2D eigenvalue weighted by molar-refractivity contribution is 7.99. The maximum absolute atomic E-state index is 12.6. The van der Waals surface area contributed by atoms with E-state index in [2.05, 4.69) is 11.9 Å². The van der Waals surface area contributed by atoms with Gasteiger partial charge in [0.1, 0.15) is 0 Å². The molecule has 0 radical (unpaired) electrons. The van der Waals surface area contributed by atoms with Crippen LogP contribution in [-0.4, -0.2) is 45.3 Å². The van der Waals surface area contributed by atoms with Gasteiger partial charge >= 0.3 is 0 Å². The summed E-state index contributed by atoms with van der Waals surface area (Å²) < 4.78 is 0. The van der Waals surface area contributed by atoms with Crippen molar-refractivity contribution in [2.45, 2.75) is 50.3 Å². The van der Waals surface area contributed by atoms with Gasteiger partial charge < -0.3 is 10.0 Å². The summed E-state index contributed by atoms with van der Waals surface area (Å²) in [5.41, 5.74) is 0.702. The smallest absolute Gasteiger partial charge is 0.254 e. The number of aliphatic hydroxyl groups excluding tert-OH is 1. The molecule has 1 saturated heterocycles. The Labute approximate surface area is 124 Å². The number of pyridine rings is 1. The zero-order valence-corrected chi connectivity index (χ0v) is 12.9. The quantitative estimate of drug-likeness (QED) is 0.848. The molecule has 2 unspecified atom stereocenters. The SMILES string of the molecule is CCSc1cc(C(=O)N2CCCC2CC(C)O)ccn1. The Hall–Kier alpha value is -1.07. The van der Waals surface area contributed by atoms with E-state index in [4.69, 9.17) is 0 Å². The number of thioether (sulfide) groups is 1. The molecule has 0 bridgehead atoms. The van der Waals surface area contributed by atoms with Gasteiger partial charge in [0.25, 0.3) is 5.91 Å². The average molecular weight is 294 g/mol. The maximum atomic E-state index is 12.6. The molecule has 2 atom stereocenters. The molecule has 1 amide bonds. The molecule has 0 spiro atoms. The van der Waals surface area contributed by atoms with E-state index in [1.165, 1.54) is 0 Å². The van der Waals surface area contributed by atoms with Gasteiger partial charge in [-0.3, -0.25) is 4.79 Å². The molecule has 110 valence electrons. The molecule has 1 aliphatic heterocycles. The van der Waals surface area contributed by atoms with E-state index in [1.54, 1.807) is 30.9 Å². The van der Waals surface area contributed by atoms with Crippen molar-refractivity contribution in [1.29, 1.82) is 0 Å². The minimum atomic E-state index is -0.364. The van der Waals surface area contributed by atoms with Crippen LogP contribution in [0, 0.1) is 0 Å². The van der Waals surface area contributed by atoms with Crippen LogP contribution in [0.1, 0.15) is 43.5 Å². The first kappa shape index (κ1) is 15.3. The molecule has 1 fully saturated rings.